The monoisotopic (exact) mass is 154 g/mol. The largest absolute Gasteiger partial charge is 0.497 e. The molecule has 11 heavy (non-hydrogen) atoms. The highest BCUT2D eigenvalue weighted by atomic mass is 16.5. The van der Waals surface area contributed by atoms with E-state index in [1.165, 1.54) is 0 Å². The van der Waals surface area contributed by atoms with Gasteiger partial charge in [-0.25, -0.2) is 0 Å². The van der Waals surface area contributed by atoms with Crippen molar-refractivity contribution in [3.8, 4) is 5.75 Å². The van der Waals surface area contributed by atoms with E-state index in [0.29, 0.717) is 0 Å². The lowest BCUT2D eigenvalue weighted by Gasteiger charge is -1.93. The number of aliphatic hydroxyl groups excluding tert-OH is 1. The Morgan fingerprint density at radius 1 is 1.27 bits per heavy atom. The van der Waals surface area contributed by atoms with E-state index in [1.807, 2.05) is 30.3 Å². The number of hydrogen-bond donors (Lipinski definition) is 1. The molecule has 62 valence electrons. The summed E-state index contributed by atoms with van der Waals surface area (Å²) in [4.78, 5) is 0. The van der Waals surface area contributed by atoms with E-state index in [4.69, 9.17) is 9.84 Å². The van der Waals surface area contributed by atoms with Gasteiger partial charge in [-0.2, -0.15) is 0 Å². The summed E-state index contributed by atoms with van der Waals surface area (Å²) in [6, 6.07) is 9.68. The Kier molecular flexibility index (Phi) is 6.43. The maximum atomic E-state index is 7.57. The van der Waals surface area contributed by atoms with E-state index in [1.54, 1.807) is 14.0 Å². The first-order chi connectivity index (χ1) is 5.35. The Morgan fingerprint density at radius 2 is 1.73 bits per heavy atom. The van der Waals surface area contributed by atoms with Gasteiger partial charge in [-0.15, -0.1) is 0 Å². The van der Waals surface area contributed by atoms with Crippen LogP contribution in [0.15, 0.2) is 30.3 Å². The fourth-order valence-electron chi connectivity index (χ4n) is 0.557. The van der Waals surface area contributed by atoms with Crippen LogP contribution in [0.2, 0.25) is 0 Å². The molecule has 0 saturated carbocycles. The Balaban J connectivity index is 0.000000292. The molecule has 0 radical (unpaired) electrons. The van der Waals surface area contributed by atoms with Crippen LogP contribution >= 0.6 is 0 Å². The van der Waals surface area contributed by atoms with Gasteiger partial charge in [-0.05, 0) is 19.1 Å². The van der Waals surface area contributed by atoms with E-state index in [0.717, 1.165) is 5.75 Å². The average molecular weight is 154 g/mol. The number of rotatable bonds is 1. The van der Waals surface area contributed by atoms with Gasteiger partial charge in [-0.3, -0.25) is 0 Å². The van der Waals surface area contributed by atoms with Gasteiger partial charge >= 0.3 is 0 Å². The number of aliphatic hydroxyl groups is 1. The van der Waals surface area contributed by atoms with E-state index >= 15 is 0 Å². The van der Waals surface area contributed by atoms with Crippen LogP contribution in [0, 0.1) is 0 Å². The van der Waals surface area contributed by atoms with E-state index in [2.05, 4.69) is 0 Å². The molecule has 0 aromatic heterocycles. The van der Waals surface area contributed by atoms with Crippen LogP contribution in [0.1, 0.15) is 6.92 Å². The molecule has 0 spiro atoms. The Morgan fingerprint density at radius 3 is 2.00 bits per heavy atom. The fourth-order valence-corrected chi connectivity index (χ4v) is 0.557. The van der Waals surface area contributed by atoms with Gasteiger partial charge in [0.2, 0.25) is 0 Å². The summed E-state index contributed by atoms with van der Waals surface area (Å²) >= 11 is 0. The number of benzene rings is 1. The van der Waals surface area contributed by atoms with E-state index in [9.17, 15) is 0 Å². The Labute approximate surface area is 67.4 Å². The Bertz CT molecular complexity index is 160. The van der Waals surface area contributed by atoms with Crippen molar-refractivity contribution in [2.24, 2.45) is 0 Å². The lowest BCUT2D eigenvalue weighted by atomic mass is 10.3. The molecular formula is C9H14O2. The molecule has 1 aromatic carbocycles. The molecular weight excluding hydrogens is 140 g/mol. The smallest absolute Gasteiger partial charge is 0.118 e. The van der Waals surface area contributed by atoms with Crippen molar-refractivity contribution in [3.05, 3.63) is 30.3 Å². The van der Waals surface area contributed by atoms with Crippen molar-refractivity contribution in [1.82, 2.24) is 0 Å². The third kappa shape index (κ3) is 5.43. The van der Waals surface area contributed by atoms with Crippen molar-refractivity contribution in [2.45, 2.75) is 6.92 Å². The van der Waals surface area contributed by atoms with Crippen LogP contribution < -0.4 is 4.74 Å². The molecule has 0 aliphatic carbocycles. The summed E-state index contributed by atoms with van der Waals surface area (Å²) in [6.45, 7) is 1.93. The van der Waals surface area contributed by atoms with E-state index < -0.39 is 0 Å². The third-order valence-corrected chi connectivity index (χ3v) is 0.979. The molecule has 1 N–H and O–H groups in total. The highest BCUT2D eigenvalue weighted by molar-refractivity contribution is 5.20. The lowest BCUT2D eigenvalue weighted by molar-refractivity contribution is 0.318. The van der Waals surface area contributed by atoms with E-state index in [-0.39, 0.29) is 6.61 Å². The van der Waals surface area contributed by atoms with Crippen LogP contribution in [0.5, 0.6) is 5.75 Å². The highest BCUT2D eigenvalue weighted by Gasteiger charge is 1.80. The molecule has 0 atom stereocenters. The minimum absolute atomic E-state index is 0.250. The van der Waals surface area contributed by atoms with Crippen LogP contribution in [0.3, 0.4) is 0 Å². The summed E-state index contributed by atoms with van der Waals surface area (Å²) in [5.74, 6) is 0.910. The predicted molar refractivity (Wildman–Crippen MR) is 45.8 cm³/mol. The van der Waals surface area contributed by atoms with Gasteiger partial charge in [0.15, 0.2) is 0 Å². The van der Waals surface area contributed by atoms with Crippen molar-refractivity contribution in [2.75, 3.05) is 13.7 Å². The summed E-state index contributed by atoms with van der Waals surface area (Å²) in [5, 5.41) is 7.57. The van der Waals surface area contributed by atoms with Gasteiger partial charge in [0.1, 0.15) is 5.75 Å². The average Bonchev–Trinajstić information content (AvgIpc) is 2.08. The SMILES string of the molecule is CCO.COc1ccccc1. The quantitative estimate of drug-likeness (QED) is 0.667. The first kappa shape index (κ1) is 9.98. The number of hydrogen-bond acceptors (Lipinski definition) is 2. The minimum Gasteiger partial charge on any atom is -0.497 e. The van der Waals surface area contributed by atoms with Crippen molar-refractivity contribution in [1.29, 1.82) is 0 Å². The van der Waals surface area contributed by atoms with Gasteiger partial charge in [0, 0.05) is 6.61 Å². The van der Waals surface area contributed by atoms with Crippen LogP contribution in [-0.4, -0.2) is 18.8 Å². The van der Waals surface area contributed by atoms with Crippen LogP contribution in [-0.2, 0) is 0 Å². The second-order valence-electron chi connectivity index (χ2n) is 1.83. The van der Waals surface area contributed by atoms with Crippen LogP contribution in [0.25, 0.3) is 0 Å². The van der Waals surface area contributed by atoms with Crippen molar-refractivity contribution >= 4 is 0 Å². The summed E-state index contributed by atoms with van der Waals surface area (Å²) in [5.41, 5.74) is 0. The molecule has 2 heteroatoms. The summed E-state index contributed by atoms with van der Waals surface area (Å²) < 4.78 is 4.91. The van der Waals surface area contributed by atoms with Crippen LogP contribution in [0.4, 0.5) is 0 Å². The molecule has 0 saturated heterocycles. The van der Waals surface area contributed by atoms with Gasteiger partial charge in [0.05, 0.1) is 7.11 Å². The molecule has 0 amide bonds. The highest BCUT2D eigenvalue weighted by Crippen LogP contribution is 2.05. The zero-order chi connectivity index (χ0) is 8.53. The second-order valence-corrected chi connectivity index (χ2v) is 1.83. The van der Waals surface area contributed by atoms with Crippen molar-refractivity contribution in [3.63, 3.8) is 0 Å². The van der Waals surface area contributed by atoms with Gasteiger partial charge < -0.3 is 9.84 Å². The first-order valence-electron chi connectivity index (χ1n) is 3.55. The molecule has 1 aromatic rings. The predicted octanol–water partition coefficient (Wildman–Crippen LogP) is 1.69. The molecule has 1 rings (SSSR count). The lowest BCUT2D eigenvalue weighted by Crippen LogP contribution is -1.78. The topological polar surface area (TPSA) is 29.5 Å². The minimum atomic E-state index is 0.250. The molecule has 0 fully saturated rings. The number of para-hydroxylation sites is 1. The fraction of sp³-hybridized carbons (Fsp3) is 0.333. The second kappa shape index (κ2) is 7.09. The third-order valence-electron chi connectivity index (χ3n) is 0.979. The molecule has 0 aliphatic rings. The van der Waals surface area contributed by atoms with Crippen molar-refractivity contribution < 1.29 is 9.84 Å². The Hall–Kier alpha value is -1.02. The van der Waals surface area contributed by atoms with Gasteiger partial charge in [0.25, 0.3) is 0 Å². The standard InChI is InChI=1S/C7H8O.C2H6O/c1-8-7-5-3-2-4-6-7;1-2-3/h2-6H,1H3;3H,2H2,1H3. The maximum absolute atomic E-state index is 7.57. The normalized spacial score (nSPS) is 7.91. The summed E-state index contributed by atoms with van der Waals surface area (Å²) in [6.07, 6.45) is 0. The molecule has 0 unspecified atom stereocenters. The molecule has 0 bridgehead atoms. The maximum Gasteiger partial charge on any atom is 0.118 e. The zero-order valence-corrected chi connectivity index (χ0v) is 6.95. The zero-order valence-electron chi connectivity index (χ0n) is 6.95. The molecule has 0 heterocycles. The first-order valence-corrected chi connectivity index (χ1v) is 3.55. The van der Waals surface area contributed by atoms with Gasteiger partial charge in [-0.1, -0.05) is 18.2 Å². The number of methoxy groups -OCH3 is 1. The molecule has 2 nitrogen and oxygen atoms in total. The summed E-state index contributed by atoms with van der Waals surface area (Å²) in [7, 11) is 1.66. The molecule has 0 aliphatic heterocycles. The number of ether oxygens (including phenoxy) is 1.